The van der Waals surface area contributed by atoms with E-state index in [1.54, 1.807) is 6.92 Å². The van der Waals surface area contributed by atoms with Gasteiger partial charge in [0.15, 0.2) is 16.9 Å². The van der Waals surface area contributed by atoms with Gasteiger partial charge in [0.2, 0.25) is 0 Å². The third-order valence-corrected chi connectivity index (χ3v) is 3.21. The molecule has 0 aliphatic carbocycles. The first-order chi connectivity index (χ1) is 9.43. The van der Waals surface area contributed by atoms with Gasteiger partial charge in [-0.15, -0.1) is 0 Å². The number of ether oxygens (including phenoxy) is 1. The van der Waals surface area contributed by atoms with Crippen molar-refractivity contribution in [2.75, 3.05) is 7.11 Å². The Kier molecular flexibility index (Phi) is 3.79. The fourth-order valence-electron chi connectivity index (χ4n) is 2.11. The number of hydrogen-bond acceptors (Lipinski definition) is 5. The molecule has 0 saturated heterocycles. The van der Waals surface area contributed by atoms with E-state index in [0.717, 1.165) is 0 Å². The van der Waals surface area contributed by atoms with E-state index in [-0.39, 0.29) is 22.7 Å². The van der Waals surface area contributed by atoms with E-state index < -0.39 is 0 Å². The van der Waals surface area contributed by atoms with Crippen molar-refractivity contribution in [1.29, 1.82) is 0 Å². The third-order valence-electron chi connectivity index (χ3n) is 3.21. The maximum atomic E-state index is 12.4. The minimum absolute atomic E-state index is 0.0205. The minimum Gasteiger partial charge on any atom is -0.504 e. The lowest BCUT2D eigenvalue weighted by atomic mass is 10.0. The average molecular weight is 276 g/mol. The molecule has 20 heavy (non-hydrogen) atoms. The minimum atomic E-state index is -0.191. The largest absolute Gasteiger partial charge is 0.504 e. The SMILES string of the molecule is COc1cc2c(=O)c(CCC(C)=O)c(C)oc2cc1O. The molecule has 2 rings (SSSR count). The van der Waals surface area contributed by atoms with Crippen molar-refractivity contribution in [3.63, 3.8) is 0 Å². The molecule has 5 nitrogen and oxygen atoms in total. The van der Waals surface area contributed by atoms with E-state index in [4.69, 9.17) is 9.15 Å². The van der Waals surface area contributed by atoms with Crippen LogP contribution in [0, 0.1) is 6.92 Å². The van der Waals surface area contributed by atoms with Crippen LogP contribution in [-0.4, -0.2) is 18.0 Å². The number of hydrogen-bond donors (Lipinski definition) is 1. The summed E-state index contributed by atoms with van der Waals surface area (Å²) in [4.78, 5) is 23.5. The molecule has 106 valence electrons. The van der Waals surface area contributed by atoms with Crippen LogP contribution in [0.5, 0.6) is 11.5 Å². The van der Waals surface area contributed by atoms with E-state index in [1.807, 2.05) is 0 Å². The maximum absolute atomic E-state index is 12.4. The summed E-state index contributed by atoms with van der Waals surface area (Å²) in [6.45, 7) is 3.16. The fraction of sp³-hybridized carbons (Fsp3) is 0.333. The van der Waals surface area contributed by atoms with Crippen molar-refractivity contribution >= 4 is 16.8 Å². The predicted octanol–water partition coefficient (Wildman–Crippen LogP) is 2.34. The van der Waals surface area contributed by atoms with Gasteiger partial charge in [0.25, 0.3) is 0 Å². The van der Waals surface area contributed by atoms with E-state index >= 15 is 0 Å². The second-order valence-corrected chi connectivity index (χ2v) is 4.69. The quantitative estimate of drug-likeness (QED) is 0.927. The molecule has 0 amide bonds. The van der Waals surface area contributed by atoms with Crippen LogP contribution in [-0.2, 0) is 11.2 Å². The average Bonchev–Trinajstić information content (AvgIpc) is 2.37. The molecule has 1 N–H and O–H groups in total. The van der Waals surface area contributed by atoms with E-state index in [1.165, 1.54) is 26.2 Å². The van der Waals surface area contributed by atoms with Crippen LogP contribution in [0.4, 0.5) is 0 Å². The first-order valence-electron chi connectivity index (χ1n) is 6.26. The molecule has 0 radical (unpaired) electrons. The Bertz CT molecular complexity index is 727. The highest BCUT2D eigenvalue weighted by Crippen LogP contribution is 2.30. The smallest absolute Gasteiger partial charge is 0.196 e. The van der Waals surface area contributed by atoms with Crippen LogP contribution in [0.2, 0.25) is 0 Å². The zero-order valence-electron chi connectivity index (χ0n) is 11.6. The van der Waals surface area contributed by atoms with Gasteiger partial charge in [0.05, 0.1) is 12.5 Å². The number of carbonyl (C=O) groups excluding carboxylic acids is 1. The molecule has 1 aromatic carbocycles. The molecule has 0 bridgehead atoms. The molecular weight excluding hydrogens is 260 g/mol. The van der Waals surface area contributed by atoms with Crippen LogP contribution in [0.1, 0.15) is 24.7 Å². The number of methoxy groups -OCH3 is 1. The Morgan fingerprint density at radius 1 is 1.40 bits per heavy atom. The Morgan fingerprint density at radius 3 is 2.70 bits per heavy atom. The van der Waals surface area contributed by atoms with Crippen LogP contribution < -0.4 is 10.2 Å². The summed E-state index contributed by atoms with van der Waals surface area (Å²) in [7, 11) is 1.41. The van der Waals surface area contributed by atoms with Gasteiger partial charge >= 0.3 is 0 Å². The van der Waals surface area contributed by atoms with Crippen molar-refractivity contribution in [2.24, 2.45) is 0 Å². The van der Waals surface area contributed by atoms with Crippen LogP contribution >= 0.6 is 0 Å². The number of phenols is 1. The lowest BCUT2D eigenvalue weighted by Crippen LogP contribution is -2.12. The number of Topliss-reactive ketones (excluding diaryl/α,β-unsaturated/α-hetero) is 1. The lowest BCUT2D eigenvalue weighted by Gasteiger charge is -2.08. The van der Waals surface area contributed by atoms with Crippen LogP contribution in [0.15, 0.2) is 21.3 Å². The number of phenolic OH excluding ortho intramolecular Hbond substituents is 1. The highest BCUT2D eigenvalue weighted by Gasteiger charge is 2.15. The summed E-state index contributed by atoms with van der Waals surface area (Å²) < 4.78 is 10.6. The van der Waals surface area contributed by atoms with Gasteiger partial charge in [-0.3, -0.25) is 4.79 Å². The van der Waals surface area contributed by atoms with Crippen molar-refractivity contribution in [2.45, 2.75) is 26.7 Å². The van der Waals surface area contributed by atoms with Crippen molar-refractivity contribution in [3.8, 4) is 11.5 Å². The van der Waals surface area contributed by atoms with Gasteiger partial charge < -0.3 is 19.1 Å². The molecular formula is C15H16O5. The summed E-state index contributed by atoms with van der Waals surface area (Å²) in [5, 5.41) is 10.0. The monoisotopic (exact) mass is 276 g/mol. The Labute approximate surface area is 115 Å². The summed E-state index contributed by atoms with van der Waals surface area (Å²) in [6, 6.07) is 2.81. The highest BCUT2D eigenvalue weighted by molar-refractivity contribution is 5.81. The molecule has 0 aliphatic rings. The molecule has 2 aromatic rings. The summed E-state index contributed by atoms with van der Waals surface area (Å²) in [6.07, 6.45) is 0.648. The lowest BCUT2D eigenvalue weighted by molar-refractivity contribution is -0.116. The number of aryl methyl sites for hydroxylation is 1. The third kappa shape index (κ3) is 2.52. The van der Waals surface area contributed by atoms with Gasteiger partial charge in [-0.25, -0.2) is 0 Å². The Balaban J connectivity index is 2.64. The first kappa shape index (κ1) is 14.1. The number of fused-ring (bicyclic) bond motifs is 1. The normalized spacial score (nSPS) is 10.8. The van der Waals surface area contributed by atoms with Gasteiger partial charge in [0, 0.05) is 18.1 Å². The maximum Gasteiger partial charge on any atom is 0.196 e. The molecule has 0 fully saturated rings. The zero-order chi connectivity index (χ0) is 14.9. The molecule has 1 heterocycles. The number of rotatable bonds is 4. The zero-order valence-corrected chi connectivity index (χ0v) is 11.6. The van der Waals surface area contributed by atoms with Crippen LogP contribution in [0.3, 0.4) is 0 Å². The number of benzene rings is 1. The first-order valence-corrected chi connectivity index (χ1v) is 6.26. The van der Waals surface area contributed by atoms with Crippen LogP contribution in [0.25, 0.3) is 11.0 Å². The highest BCUT2D eigenvalue weighted by atomic mass is 16.5. The predicted molar refractivity (Wildman–Crippen MR) is 74.4 cm³/mol. The molecule has 0 atom stereocenters. The topological polar surface area (TPSA) is 76.7 Å². The summed E-state index contributed by atoms with van der Waals surface area (Å²) in [5.41, 5.74) is 0.598. The second-order valence-electron chi connectivity index (χ2n) is 4.69. The van der Waals surface area contributed by atoms with Crippen molar-refractivity contribution in [1.82, 2.24) is 0 Å². The molecule has 0 aliphatic heterocycles. The molecule has 0 saturated carbocycles. The van der Waals surface area contributed by atoms with Crippen molar-refractivity contribution in [3.05, 3.63) is 33.7 Å². The standard InChI is InChI=1S/C15H16O5/c1-8(16)4-5-10-9(2)20-13-7-12(17)14(19-3)6-11(13)15(10)18/h6-7,17H,4-5H2,1-3H3. The Hall–Kier alpha value is -2.30. The van der Waals surface area contributed by atoms with Crippen molar-refractivity contribution < 1.29 is 19.1 Å². The summed E-state index contributed by atoms with van der Waals surface area (Å²) in [5.74, 6) is 0.616. The number of aromatic hydroxyl groups is 1. The van der Waals surface area contributed by atoms with Gasteiger partial charge in [-0.2, -0.15) is 0 Å². The fourth-order valence-corrected chi connectivity index (χ4v) is 2.11. The number of ketones is 1. The van der Waals surface area contributed by atoms with E-state index in [2.05, 4.69) is 0 Å². The second kappa shape index (κ2) is 5.36. The molecule has 1 aromatic heterocycles. The van der Waals surface area contributed by atoms with Gasteiger partial charge in [-0.05, 0) is 26.3 Å². The van der Waals surface area contributed by atoms with Gasteiger partial charge in [0.1, 0.15) is 17.1 Å². The number of carbonyl (C=O) groups is 1. The van der Waals surface area contributed by atoms with E-state index in [0.29, 0.717) is 35.1 Å². The summed E-state index contributed by atoms with van der Waals surface area (Å²) >= 11 is 0. The Morgan fingerprint density at radius 2 is 2.10 bits per heavy atom. The van der Waals surface area contributed by atoms with Gasteiger partial charge in [-0.1, -0.05) is 0 Å². The molecule has 0 unspecified atom stereocenters. The molecule has 5 heteroatoms. The van der Waals surface area contributed by atoms with E-state index in [9.17, 15) is 14.7 Å². The molecule has 0 spiro atoms.